The van der Waals surface area contributed by atoms with Crippen LogP contribution in [0.25, 0.3) is 21.8 Å². The second-order valence-electron chi connectivity index (χ2n) is 9.15. The Bertz CT molecular complexity index is 1470. The summed E-state index contributed by atoms with van der Waals surface area (Å²) < 4.78 is 1.72. The molecule has 2 aromatic carbocycles. The highest BCUT2D eigenvalue weighted by Gasteiger charge is 2.32. The third-order valence-electron chi connectivity index (χ3n) is 7.07. The molecule has 2 aromatic heterocycles. The maximum atomic E-state index is 13.0. The van der Waals surface area contributed by atoms with E-state index in [0.717, 1.165) is 22.2 Å². The van der Waals surface area contributed by atoms with Gasteiger partial charge in [-0.25, -0.2) is 9.97 Å². The smallest absolute Gasteiger partial charge is 0.261 e. The lowest BCUT2D eigenvalue weighted by molar-refractivity contribution is -0.131. The van der Waals surface area contributed by atoms with Crippen LogP contribution in [0.5, 0.6) is 0 Å². The molecule has 6 rings (SSSR count). The molecule has 36 heavy (non-hydrogen) atoms. The second kappa shape index (κ2) is 8.71. The summed E-state index contributed by atoms with van der Waals surface area (Å²) in [6.07, 6.45) is 4.02. The summed E-state index contributed by atoms with van der Waals surface area (Å²) in [6.45, 7) is 2.71. The summed E-state index contributed by atoms with van der Waals surface area (Å²) in [5, 5.41) is 6.76. The highest BCUT2D eigenvalue weighted by Crippen LogP contribution is 2.30. The van der Waals surface area contributed by atoms with E-state index >= 15 is 0 Å². The van der Waals surface area contributed by atoms with Gasteiger partial charge in [0, 0.05) is 62.7 Å². The van der Waals surface area contributed by atoms with E-state index in [2.05, 4.69) is 20.0 Å². The van der Waals surface area contributed by atoms with Crippen LogP contribution >= 0.6 is 0 Å². The zero-order valence-corrected chi connectivity index (χ0v) is 19.9. The Hall–Kier alpha value is -4.34. The lowest BCUT2D eigenvalue weighted by Crippen LogP contribution is -2.49. The Balaban J connectivity index is 1.06. The number of rotatable bonds is 5. The minimum absolute atomic E-state index is 0.0308. The number of fused-ring (bicyclic) bond motifs is 1. The average molecular weight is 484 g/mol. The monoisotopic (exact) mass is 483 g/mol. The number of nitrogens with zero attached hydrogens (tertiary/aromatic N) is 7. The van der Waals surface area contributed by atoms with Gasteiger partial charge in [0.15, 0.2) is 5.65 Å². The van der Waals surface area contributed by atoms with E-state index in [1.54, 1.807) is 29.3 Å². The number of carbonyl (C=O) groups is 3. The van der Waals surface area contributed by atoms with E-state index in [1.165, 1.54) is 4.90 Å². The maximum Gasteiger partial charge on any atom is 0.261 e. The van der Waals surface area contributed by atoms with Crippen molar-refractivity contribution >= 4 is 45.3 Å². The number of benzene rings is 2. The van der Waals surface area contributed by atoms with Gasteiger partial charge in [0.05, 0.1) is 11.6 Å². The average Bonchev–Trinajstić information content (AvgIpc) is 3.30. The number of carbonyl (C=O) groups excluding carboxylic acids is 3. The maximum absolute atomic E-state index is 13.0. The first-order chi connectivity index (χ1) is 17.5. The van der Waals surface area contributed by atoms with Crippen molar-refractivity contribution in [2.45, 2.75) is 12.8 Å². The van der Waals surface area contributed by atoms with Crippen molar-refractivity contribution in [1.82, 2.24) is 29.5 Å². The zero-order chi connectivity index (χ0) is 24.8. The molecule has 0 aliphatic carbocycles. The van der Waals surface area contributed by atoms with Crippen LogP contribution in [-0.2, 0) is 11.8 Å². The van der Waals surface area contributed by atoms with Gasteiger partial charge in [-0.05, 0) is 23.9 Å². The molecule has 0 unspecified atom stereocenters. The van der Waals surface area contributed by atoms with Gasteiger partial charge in [-0.3, -0.25) is 24.0 Å². The SMILES string of the molecule is Cn1ncc2c(N3CCN(C(=O)CCCN4C(=O)c5cccc6cccc(c56)C4=O)CC3)ncnc21. The summed E-state index contributed by atoms with van der Waals surface area (Å²) in [7, 11) is 1.85. The molecule has 1 fully saturated rings. The Morgan fingerprint density at radius 2 is 1.64 bits per heavy atom. The Kier molecular flexibility index (Phi) is 5.36. The molecule has 1 saturated heterocycles. The predicted octanol–water partition coefficient (Wildman–Crippen LogP) is 2.24. The molecule has 0 saturated carbocycles. The first-order valence-electron chi connectivity index (χ1n) is 12.1. The van der Waals surface area contributed by atoms with Crippen molar-refractivity contribution in [3.05, 3.63) is 60.0 Å². The van der Waals surface area contributed by atoms with Crippen molar-refractivity contribution in [3.8, 4) is 0 Å². The number of aromatic nitrogens is 4. The fraction of sp³-hybridized carbons (Fsp3) is 0.308. The molecule has 0 N–H and O–H groups in total. The first-order valence-corrected chi connectivity index (χ1v) is 12.1. The van der Waals surface area contributed by atoms with Crippen molar-refractivity contribution in [2.75, 3.05) is 37.6 Å². The number of amides is 3. The van der Waals surface area contributed by atoms with E-state index in [9.17, 15) is 14.4 Å². The van der Waals surface area contributed by atoms with E-state index in [4.69, 9.17) is 0 Å². The molecule has 182 valence electrons. The predicted molar refractivity (Wildman–Crippen MR) is 134 cm³/mol. The van der Waals surface area contributed by atoms with E-state index in [1.807, 2.05) is 36.2 Å². The van der Waals surface area contributed by atoms with Gasteiger partial charge < -0.3 is 9.80 Å². The molecule has 3 amide bonds. The van der Waals surface area contributed by atoms with Crippen LogP contribution in [0.15, 0.2) is 48.9 Å². The molecule has 0 atom stereocenters. The third-order valence-corrected chi connectivity index (χ3v) is 7.07. The quantitative estimate of drug-likeness (QED) is 0.401. The number of piperazine rings is 1. The van der Waals surface area contributed by atoms with Crippen LogP contribution in [0.4, 0.5) is 5.82 Å². The molecule has 0 radical (unpaired) electrons. The lowest BCUT2D eigenvalue weighted by Gasteiger charge is -2.35. The second-order valence-corrected chi connectivity index (χ2v) is 9.15. The molecular formula is C26H25N7O3. The van der Waals surface area contributed by atoms with Crippen LogP contribution in [0.2, 0.25) is 0 Å². The summed E-state index contributed by atoms with van der Waals surface area (Å²) in [5.74, 6) is 0.273. The van der Waals surface area contributed by atoms with Crippen LogP contribution < -0.4 is 4.90 Å². The minimum atomic E-state index is -0.295. The van der Waals surface area contributed by atoms with Crippen molar-refractivity contribution in [1.29, 1.82) is 0 Å². The number of imide groups is 1. The van der Waals surface area contributed by atoms with Gasteiger partial charge in [0.2, 0.25) is 5.91 Å². The molecule has 0 bridgehead atoms. The Morgan fingerprint density at radius 3 is 2.33 bits per heavy atom. The topological polar surface area (TPSA) is 105 Å². The van der Waals surface area contributed by atoms with Gasteiger partial charge in [-0.15, -0.1) is 0 Å². The van der Waals surface area contributed by atoms with E-state index in [0.29, 0.717) is 49.1 Å². The highest BCUT2D eigenvalue weighted by molar-refractivity contribution is 6.25. The van der Waals surface area contributed by atoms with Crippen LogP contribution in [0.1, 0.15) is 33.6 Å². The fourth-order valence-electron chi connectivity index (χ4n) is 5.20. The molecule has 2 aliphatic heterocycles. The van der Waals surface area contributed by atoms with Crippen LogP contribution in [0, 0.1) is 0 Å². The Labute approximate surface area is 207 Å². The van der Waals surface area contributed by atoms with Crippen molar-refractivity contribution in [2.24, 2.45) is 7.05 Å². The molecule has 4 aromatic rings. The fourth-order valence-corrected chi connectivity index (χ4v) is 5.20. The zero-order valence-electron chi connectivity index (χ0n) is 19.9. The lowest BCUT2D eigenvalue weighted by atomic mass is 9.94. The molecule has 10 nitrogen and oxygen atoms in total. The normalized spacial score (nSPS) is 15.9. The largest absolute Gasteiger partial charge is 0.352 e. The van der Waals surface area contributed by atoms with Crippen molar-refractivity contribution < 1.29 is 14.4 Å². The summed E-state index contributed by atoms with van der Waals surface area (Å²) >= 11 is 0. The van der Waals surface area contributed by atoms with Crippen molar-refractivity contribution in [3.63, 3.8) is 0 Å². The van der Waals surface area contributed by atoms with E-state index < -0.39 is 0 Å². The number of hydrogen-bond acceptors (Lipinski definition) is 7. The summed E-state index contributed by atoms with van der Waals surface area (Å²) in [4.78, 5) is 53.0. The molecule has 4 heterocycles. The molecule has 10 heteroatoms. The molecule has 0 spiro atoms. The summed E-state index contributed by atoms with van der Waals surface area (Å²) in [6, 6.07) is 11.0. The van der Waals surface area contributed by atoms with E-state index in [-0.39, 0.29) is 30.7 Å². The van der Waals surface area contributed by atoms with Gasteiger partial charge in [-0.1, -0.05) is 24.3 Å². The third kappa shape index (κ3) is 3.57. The van der Waals surface area contributed by atoms with Gasteiger partial charge in [0.25, 0.3) is 11.8 Å². The van der Waals surface area contributed by atoms with Gasteiger partial charge in [0.1, 0.15) is 12.1 Å². The summed E-state index contributed by atoms with van der Waals surface area (Å²) in [5.41, 5.74) is 1.86. The first kappa shape index (κ1) is 22.1. The molecule has 2 aliphatic rings. The number of aryl methyl sites for hydroxylation is 1. The standard InChI is InChI=1S/C26H25N7O3/c1-30-23-20(15-29-30)24(28-16-27-23)32-13-11-31(12-14-32)21(34)9-4-10-33-25(35)18-7-2-5-17-6-3-8-19(22(17)18)26(33)36/h2-3,5-8,15-16H,4,9-14H2,1H3. The van der Waals surface area contributed by atoms with Gasteiger partial charge >= 0.3 is 0 Å². The van der Waals surface area contributed by atoms with Crippen LogP contribution in [-0.4, -0.2) is 80.0 Å². The highest BCUT2D eigenvalue weighted by atomic mass is 16.2. The van der Waals surface area contributed by atoms with Gasteiger partial charge in [-0.2, -0.15) is 5.10 Å². The number of anilines is 1. The van der Waals surface area contributed by atoms with Crippen LogP contribution in [0.3, 0.4) is 0 Å². The Morgan fingerprint density at radius 1 is 0.944 bits per heavy atom. The molecular weight excluding hydrogens is 458 g/mol. The minimum Gasteiger partial charge on any atom is -0.352 e. The number of hydrogen-bond donors (Lipinski definition) is 0.